The van der Waals surface area contributed by atoms with E-state index in [-0.39, 0.29) is 13.2 Å². The van der Waals surface area contributed by atoms with Crippen molar-refractivity contribution in [1.29, 1.82) is 0 Å². The summed E-state index contributed by atoms with van der Waals surface area (Å²) in [5.41, 5.74) is 2.58. The van der Waals surface area contributed by atoms with Crippen LogP contribution in [0.2, 0.25) is 4.34 Å². The predicted molar refractivity (Wildman–Crippen MR) is 93.1 cm³/mol. The third kappa shape index (κ3) is 3.48. The Balaban J connectivity index is 1.39. The Bertz CT molecular complexity index is 921. The summed E-state index contributed by atoms with van der Waals surface area (Å²) in [5.74, 6) is 1.21. The second kappa shape index (κ2) is 7.01. The van der Waals surface area contributed by atoms with Crippen molar-refractivity contribution in [2.45, 2.75) is 32.3 Å². The van der Waals surface area contributed by atoms with E-state index in [1.807, 2.05) is 12.1 Å². The topological polar surface area (TPSA) is 74.5 Å². The highest BCUT2D eigenvalue weighted by molar-refractivity contribution is 7.10. The number of benzene rings is 1. The van der Waals surface area contributed by atoms with E-state index in [2.05, 4.69) is 9.59 Å². The first-order chi connectivity index (χ1) is 12.2. The van der Waals surface area contributed by atoms with Crippen LogP contribution in [0.1, 0.15) is 29.9 Å². The fraction of sp³-hybridized carbons (Fsp3) is 0.353. The summed E-state index contributed by atoms with van der Waals surface area (Å²) in [6.45, 7) is -0.188. The number of aromatic nitrogens is 2. The smallest absolute Gasteiger partial charge is 0.344 e. The quantitative estimate of drug-likeness (QED) is 0.626. The molecule has 8 heteroatoms. The molecular formula is C17H15ClN2O4S. The molecule has 2 aromatic heterocycles. The Morgan fingerprint density at radius 3 is 3.04 bits per heavy atom. The molecule has 4 rings (SSSR count). The lowest BCUT2D eigenvalue weighted by Gasteiger charge is -2.09. The fourth-order valence-electron chi connectivity index (χ4n) is 2.95. The van der Waals surface area contributed by atoms with Gasteiger partial charge in [-0.15, -0.1) is 5.10 Å². The summed E-state index contributed by atoms with van der Waals surface area (Å²) < 4.78 is 20.6. The van der Waals surface area contributed by atoms with Crippen LogP contribution >= 0.6 is 23.1 Å². The van der Waals surface area contributed by atoms with Crippen LogP contribution in [0.15, 0.2) is 22.6 Å². The number of esters is 1. The predicted octanol–water partition coefficient (Wildman–Crippen LogP) is 3.94. The van der Waals surface area contributed by atoms with Gasteiger partial charge in [0.15, 0.2) is 6.61 Å². The molecule has 1 aromatic carbocycles. The molecule has 0 bridgehead atoms. The van der Waals surface area contributed by atoms with Crippen LogP contribution in [-0.4, -0.2) is 22.2 Å². The van der Waals surface area contributed by atoms with E-state index in [1.54, 1.807) is 6.07 Å². The number of ether oxygens (including phenoxy) is 2. The number of fused-ring (bicyclic) bond motifs is 3. The molecule has 0 spiro atoms. The van der Waals surface area contributed by atoms with Gasteiger partial charge in [0, 0.05) is 28.9 Å². The standard InChI is InChI=1S/C17H15ClN2O4S/c18-17-13(19-20-25-17)8-23-16(21)9-22-10-5-6-15-12(7-10)11-3-1-2-4-14(11)24-15/h5-7H,1-4,8-9H2. The average Bonchev–Trinajstić information content (AvgIpc) is 3.21. The van der Waals surface area contributed by atoms with Gasteiger partial charge in [-0.25, -0.2) is 4.79 Å². The number of carbonyl (C=O) groups is 1. The first kappa shape index (κ1) is 16.4. The van der Waals surface area contributed by atoms with Crippen molar-refractivity contribution in [3.8, 4) is 5.75 Å². The maximum Gasteiger partial charge on any atom is 0.344 e. The Morgan fingerprint density at radius 1 is 1.32 bits per heavy atom. The van der Waals surface area contributed by atoms with Gasteiger partial charge in [-0.2, -0.15) is 0 Å². The number of nitrogens with zero attached hydrogens (tertiary/aromatic N) is 2. The fourth-order valence-corrected chi connectivity index (χ4v) is 3.55. The van der Waals surface area contributed by atoms with Gasteiger partial charge < -0.3 is 13.9 Å². The molecule has 0 N–H and O–H groups in total. The summed E-state index contributed by atoms with van der Waals surface area (Å²) in [5, 5.41) is 4.85. The zero-order valence-corrected chi connectivity index (χ0v) is 14.9. The molecule has 0 radical (unpaired) electrons. The number of rotatable bonds is 5. The molecule has 3 aromatic rings. The van der Waals surface area contributed by atoms with Gasteiger partial charge in [-0.1, -0.05) is 16.1 Å². The lowest BCUT2D eigenvalue weighted by Crippen LogP contribution is -2.15. The van der Waals surface area contributed by atoms with E-state index >= 15 is 0 Å². The van der Waals surface area contributed by atoms with E-state index in [0.29, 0.717) is 15.8 Å². The number of hydrogen-bond acceptors (Lipinski definition) is 7. The second-order valence-corrected chi connectivity index (χ2v) is 7.17. The van der Waals surface area contributed by atoms with Gasteiger partial charge >= 0.3 is 5.97 Å². The highest BCUT2D eigenvalue weighted by Gasteiger charge is 2.18. The number of hydrogen-bond donors (Lipinski definition) is 0. The molecule has 1 aliphatic carbocycles. The molecule has 0 saturated heterocycles. The monoisotopic (exact) mass is 378 g/mol. The minimum Gasteiger partial charge on any atom is -0.482 e. The molecule has 6 nitrogen and oxygen atoms in total. The molecule has 0 atom stereocenters. The first-order valence-electron chi connectivity index (χ1n) is 8.00. The summed E-state index contributed by atoms with van der Waals surface area (Å²) in [6, 6.07) is 5.61. The highest BCUT2D eigenvalue weighted by atomic mass is 35.5. The summed E-state index contributed by atoms with van der Waals surface area (Å²) >= 11 is 6.91. The van der Waals surface area contributed by atoms with Crippen molar-refractivity contribution in [2.75, 3.05) is 6.61 Å². The molecule has 1 aliphatic rings. The summed E-state index contributed by atoms with van der Waals surface area (Å²) in [6.07, 6.45) is 4.35. The summed E-state index contributed by atoms with van der Waals surface area (Å²) in [7, 11) is 0. The van der Waals surface area contributed by atoms with Gasteiger partial charge in [-0.05, 0) is 37.5 Å². The van der Waals surface area contributed by atoms with E-state index in [0.717, 1.165) is 41.1 Å². The average molecular weight is 379 g/mol. The highest BCUT2D eigenvalue weighted by Crippen LogP contribution is 2.33. The van der Waals surface area contributed by atoms with Crippen LogP contribution in [0.25, 0.3) is 11.0 Å². The normalized spacial score (nSPS) is 13.6. The van der Waals surface area contributed by atoms with Crippen molar-refractivity contribution < 1.29 is 18.7 Å². The molecule has 130 valence electrons. The maximum atomic E-state index is 11.8. The van der Waals surface area contributed by atoms with Gasteiger partial charge in [-0.3, -0.25) is 0 Å². The molecular weight excluding hydrogens is 364 g/mol. The third-order valence-electron chi connectivity index (χ3n) is 4.16. The number of aryl methyl sites for hydroxylation is 2. The molecule has 25 heavy (non-hydrogen) atoms. The SMILES string of the molecule is O=C(COc1ccc2oc3c(c2c1)CCCC3)OCc1nnsc1Cl. The molecule has 0 fully saturated rings. The Hall–Kier alpha value is -2.12. The minimum atomic E-state index is -0.488. The van der Waals surface area contributed by atoms with Gasteiger partial charge in [0.2, 0.25) is 0 Å². The van der Waals surface area contributed by atoms with E-state index in [1.165, 1.54) is 18.4 Å². The van der Waals surface area contributed by atoms with Crippen LogP contribution in [0.4, 0.5) is 0 Å². The van der Waals surface area contributed by atoms with Crippen LogP contribution in [0, 0.1) is 0 Å². The largest absolute Gasteiger partial charge is 0.482 e. The van der Waals surface area contributed by atoms with Crippen LogP contribution in [-0.2, 0) is 29.0 Å². The molecule has 0 saturated carbocycles. The van der Waals surface area contributed by atoms with Crippen molar-refractivity contribution >= 4 is 40.1 Å². The van der Waals surface area contributed by atoms with Gasteiger partial charge in [0.1, 0.15) is 33.7 Å². The Kier molecular flexibility index (Phi) is 4.59. The van der Waals surface area contributed by atoms with Gasteiger partial charge in [0.25, 0.3) is 0 Å². The van der Waals surface area contributed by atoms with Crippen LogP contribution in [0.3, 0.4) is 0 Å². The van der Waals surface area contributed by atoms with Gasteiger partial charge in [0.05, 0.1) is 0 Å². The van der Waals surface area contributed by atoms with E-state index < -0.39 is 5.97 Å². The van der Waals surface area contributed by atoms with E-state index in [9.17, 15) is 4.79 Å². The van der Waals surface area contributed by atoms with Crippen molar-refractivity contribution in [3.63, 3.8) is 0 Å². The summed E-state index contributed by atoms with van der Waals surface area (Å²) in [4.78, 5) is 11.8. The van der Waals surface area contributed by atoms with Crippen LogP contribution < -0.4 is 4.74 Å². The van der Waals surface area contributed by atoms with Crippen LogP contribution in [0.5, 0.6) is 5.75 Å². The second-order valence-electron chi connectivity index (χ2n) is 5.81. The lowest BCUT2D eigenvalue weighted by atomic mass is 9.96. The third-order valence-corrected chi connectivity index (χ3v) is 5.15. The number of halogens is 1. The zero-order valence-electron chi connectivity index (χ0n) is 13.3. The number of furan rings is 1. The van der Waals surface area contributed by atoms with Crippen molar-refractivity contribution in [3.05, 3.63) is 39.6 Å². The van der Waals surface area contributed by atoms with Crippen molar-refractivity contribution in [1.82, 2.24) is 9.59 Å². The number of carbonyl (C=O) groups excluding carboxylic acids is 1. The Morgan fingerprint density at radius 2 is 2.20 bits per heavy atom. The maximum absolute atomic E-state index is 11.8. The lowest BCUT2D eigenvalue weighted by molar-refractivity contribution is -0.147. The molecule has 0 aliphatic heterocycles. The van der Waals surface area contributed by atoms with Crippen molar-refractivity contribution in [2.24, 2.45) is 0 Å². The first-order valence-corrected chi connectivity index (χ1v) is 9.15. The Labute approximate surface area is 152 Å². The minimum absolute atomic E-state index is 0.00813. The van der Waals surface area contributed by atoms with E-state index in [4.69, 9.17) is 25.5 Å². The zero-order chi connectivity index (χ0) is 17.2. The molecule has 2 heterocycles. The molecule has 0 unspecified atom stereocenters. The molecule has 0 amide bonds.